The zero-order valence-corrected chi connectivity index (χ0v) is 44.5. The van der Waals surface area contributed by atoms with E-state index < -0.39 is 6.10 Å². The lowest BCUT2D eigenvalue weighted by atomic mass is 10.0. The van der Waals surface area contributed by atoms with Crippen molar-refractivity contribution in [3.05, 3.63) is 24.3 Å². The molecule has 1 unspecified atom stereocenters. The lowest BCUT2D eigenvalue weighted by molar-refractivity contribution is -0.167. The minimum Gasteiger partial charge on any atom is -0.462 e. The highest BCUT2D eigenvalue weighted by molar-refractivity contribution is 5.71. The average Bonchev–Trinajstić information content (AvgIpc) is 3.31. The molecule has 0 aliphatic heterocycles. The SMILES string of the molecule is CCCCCCCC/C=C\CCCCCCCCCCCC(=O)OCC(COC(=O)CCCCCCCCCCCCCCC)OC(=O)CCCCCCC/C=C\CCCCCCCCC. The van der Waals surface area contributed by atoms with Crippen LogP contribution in [0.2, 0.25) is 0 Å². The molecule has 1 atom stereocenters. The maximum atomic E-state index is 12.8. The molecule has 6 nitrogen and oxygen atoms in total. The van der Waals surface area contributed by atoms with Crippen molar-refractivity contribution >= 4 is 17.9 Å². The van der Waals surface area contributed by atoms with Gasteiger partial charge in [0.25, 0.3) is 0 Å². The number of rotatable bonds is 54. The van der Waals surface area contributed by atoms with E-state index in [0.29, 0.717) is 19.3 Å². The van der Waals surface area contributed by atoms with Crippen LogP contribution in [0, 0.1) is 0 Å². The van der Waals surface area contributed by atoms with E-state index in [0.717, 1.165) is 64.2 Å². The van der Waals surface area contributed by atoms with Crippen molar-refractivity contribution in [2.45, 2.75) is 329 Å². The molecule has 0 aromatic rings. The van der Waals surface area contributed by atoms with E-state index in [1.807, 2.05) is 0 Å². The summed E-state index contributed by atoms with van der Waals surface area (Å²) in [5, 5.41) is 0. The fourth-order valence-electron chi connectivity index (χ4n) is 8.73. The third-order valence-corrected chi connectivity index (χ3v) is 13.2. The molecule has 6 heteroatoms. The molecule has 0 aliphatic rings. The Balaban J connectivity index is 4.32. The number of hydrogen-bond donors (Lipinski definition) is 0. The van der Waals surface area contributed by atoms with Crippen LogP contribution in [-0.4, -0.2) is 37.2 Å². The van der Waals surface area contributed by atoms with Crippen molar-refractivity contribution < 1.29 is 28.6 Å². The van der Waals surface area contributed by atoms with Crippen LogP contribution in [0.1, 0.15) is 323 Å². The zero-order valence-electron chi connectivity index (χ0n) is 44.5. The smallest absolute Gasteiger partial charge is 0.306 e. The molecule has 0 saturated carbocycles. The second-order valence-corrected chi connectivity index (χ2v) is 19.9. The first-order chi connectivity index (χ1) is 32.5. The van der Waals surface area contributed by atoms with Gasteiger partial charge >= 0.3 is 17.9 Å². The summed E-state index contributed by atoms with van der Waals surface area (Å²) < 4.78 is 16.9. The highest BCUT2D eigenvalue weighted by atomic mass is 16.6. The minimum absolute atomic E-state index is 0.0707. The number of ether oxygens (including phenoxy) is 3. The molecule has 0 aliphatic carbocycles. The molecule has 0 N–H and O–H groups in total. The summed E-state index contributed by atoms with van der Waals surface area (Å²) in [5.74, 6) is -0.861. The predicted octanol–water partition coefficient (Wildman–Crippen LogP) is 19.5. The standard InChI is InChI=1S/C60H112O6/c1-4-7-10-13-16-19-22-25-27-29-30-31-33-35-38-41-44-47-50-53-59(62)65-56-57(55-64-58(61)52-49-46-43-40-37-34-24-21-18-15-12-9-6-3)66-60(63)54-51-48-45-42-39-36-32-28-26-23-20-17-14-11-8-5-2/h25,27-28,32,57H,4-24,26,29-31,33-56H2,1-3H3/b27-25-,32-28-. The lowest BCUT2D eigenvalue weighted by Crippen LogP contribution is -2.30. The van der Waals surface area contributed by atoms with Crippen LogP contribution in [0.5, 0.6) is 0 Å². The van der Waals surface area contributed by atoms with Crippen LogP contribution in [0.3, 0.4) is 0 Å². The molecule has 0 radical (unpaired) electrons. The van der Waals surface area contributed by atoms with E-state index in [1.165, 1.54) is 218 Å². The first-order valence-electron chi connectivity index (χ1n) is 29.3. The molecule has 0 aromatic carbocycles. The molecule has 0 rings (SSSR count). The maximum Gasteiger partial charge on any atom is 0.306 e. The predicted molar refractivity (Wildman–Crippen MR) is 284 cm³/mol. The first-order valence-corrected chi connectivity index (χ1v) is 29.3. The van der Waals surface area contributed by atoms with Crippen LogP contribution in [0.15, 0.2) is 24.3 Å². The summed E-state index contributed by atoms with van der Waals surface area (Å²) in [6, 6.07) is 0. The van der Waals surface area contributed by atoms with Crippen molar-refractivity contribution in [2.24, 2.45) is 0 Å². The lowest BCUT2D eigenvalue weighted by Gasteiger charge is -2.18. The van der Waals surface area contributed by atoms with Gasteiger partial charge in [-0.2, -0.15) is 0 Å². The quantitative estimate of drug-likeness (QED) is 0.0262. The van der Waals surface area contributed by atoms with Gasteiger partial charge in [0, 0.05) is 19.3 Å². The van der Waals surface area contributed by atoms with Gasteiger partial charge in [-0.05, 0) is 70.6 Å². The fourth-order valence-corrected chi connectivity index (χ4v) is 8.73. The van der Waals surface area contributed by atoms with E-state index >= 15 is 0 Å². The number of unbranched alkanes of at least 4 members (excludes halogenated alkanes) is 39. The monoisotopic (exact) mass is 929 g/mol. The van der Waals surface area contributed by atoms with Gasteiger partial charge in [0.2, 0.25) is 0 Å². The summed E-state index contributed by atoms with van der Waals surface area (Å²) in [7, 11) is 0. The number of carbonyl (C=O) groups is 3. The van der Waals surface area contributed by atoms with Crippen molar-refractivity contribution in [1.29, 1.82) is 0 Å². The van der Waals surface area contributed by atoms with Crippen molar-refractivity contribution in [2.75, 3.05) is 13.2 Å². The zero-order chi connectivity index (χ0) is 47.9. The molecule has 66 heavy (non-hydrogen) atoms. The molecule has 0 aromatic heterocycles. The van der Waals surface area contributed by atoms with Gasteiger partial charge in [-0.3, -0.25) is 14.4 Å². The Morgan fingerprint density at radius 3 is 0.758 bits per heavy atom. The highest BCUT2D eigenvalue weighted by Crippen LogP contribution is 2.16. The van der Waals surface area contributed by atoms with Gasteiger partial charge in [0.15, 0.2) is 6.10 Å². The summed E-state index contributed by atoms with van der Waals surface area (Å²) in [5.41, 5.74) is 0. The van der Waals surface area contributed by atoms with Gasteiger partial charge < -0.3 is 14.2 Å². The van der Waals surface area contributed by atoms with Gasteiger partial charge in [-0.25, -0.2) is 0 Å². The van der Waals surface area contributed by atoms with Gasteiger partial charge in [0.1, 0.15) is 13.2 Å². The summed E-state index contributed by atoms with van der Waals surface area (Å²) in [4.78, 5) is 38.1. The number of esters is 3. The van der Waals surface area contributed by atoms with Gasteiger partial charge in [-0.15, -0.1) is 0 Å². The van der Waals surface area contributed by atoms with Crippen LogP contribution >= 0.6 is 0 Å². The molecular weight excluding hydrogens is 817 g/mol. The van der Waals surface area contributed by atoms with Crippen LogP contribution in [0.4, 0.5) is 0 Å². The van der Waals surface area contributed by atoms with Crippen LogP contribution in [-0.2, 0) is 28.6 Å². The first kappa shape index (κ1) is 63.9. The van der Waals surface area contributed by atoms with Gasteiger partial charge in [-0.1, -0.05) is 257 Å². The largest absolute Gasteiger partial charge is 0.462 e. The van der Waals surface area contributed by atoms with Crippen LogP contribution < -0.4 is 0 Å². The van der Waals surface area contributed by atoms with E-state index in [1.54, 1.807) is 0 Å². The Kier molecular flexibility index (Phi) is 53.7. The Morgan fingerprint density at radius 2 is 0.500 bits per heavy atom. The number of allylic oxidation sites excluding steroid dienone is 4. The number of hydrogen-bond acceptors (Lipinski definition) is 6. The Hall–Kier alpha value is -2.11. The Morgan fingerprint density at radius 1 is 0.288 bits per heavy atom. The minimum atomic E-state index is -0.772. The van der Waals surface area contributed by atoms with Gasteiger partial charge in [0.05, 0.1) is 0 Å². The third-order valence-electron chi connectivity index (χ3n) is 13.2. The molecule has 388 valence electrons. The maximum absolute atomic E-state index is 12.8. The second kappa shape index (κ2) is 55.5. The molecular formula is C60H112O6. The summed E-state index contributed by atoms with van der Waals surface area (Å²) in [6.07, 6.45) is 64.5. The average molecular weight is 930 g/mol. The second-order valence-electron chi connectivity index (χ2n) is 19.9. The Labute approximate surface area is 411 Å². The molecule has 0 amide bonds. The number of carbonyl (C=O) groups excluding carboxylic acids is 3. The van der Waals surface area contributed by atoms with E-state index in [-0.39, 0.29) is 31.1 Å². The van der Waals surface area contributed by atoms with E-state index in [2.05, 4.69) is 45.1 Å². The molecule has 0 bridgehead atoms. The van der Waals surface area contributed by atoms with E-state index in [4.69, 9.17) is 14.2 Å². The van der Waals surface area contributed by atoms with Crippen molar-refractivity contribution in [1.82, 2.24) is 0 Å². The summed E-state index contributed by atoms with van der Waals surface area (Å²) in [6.45, 7) is 6.67. The Bertz CT molecular complexity index is 1070. The normalized spacial score (nSPS) is 12.1. The topological polar surface area (TPSA) is 78.9 Å². The van der Waals surface area contributed by atoms with Crippen LogP contribution in [0.25, 0.3) is 0 Å². The highest BCUT2D eigenvalue weighted by Gasteiger charge is 2.19. The van der Waals surface area contributed by atoms with Crippen molar-refractivity contribution in [3.8, 4) is 0 Å². The van der Waals surface area contributed by atoms with Crippen molar-refractivity contribution in [3.63, 3.8) is 0 Å². The van der Waals surface area contributed by atoms with E-state index in [9.17, 15) is 14.4 Å². The summed E-state index contributed by atoms with van der Waals surface area (Å²) >= 11 is 0. The molecule has 0 fully saturated rings. The molecule has 0 saturated heterocycles. The fraction of sp³-hybridized carbons (Fsp3) is 0.883. The molecule has 0 heterocycles. The molecule has 0 spiro atoms. The third kappa shape index (κ3) is 52.9.